The molecule has 0 aromatic heterocycles. The largest absolute Gasteiger partial charge is 0.573 e. The SMILES string of the molecule is O=S(=O)(N[C@@]1(c2ccccc2)CCCNC1)c1ccc(OC(F)(F)F)cc1. The minimum atomic E-state index is -4.83. The summed E-state index contributed by atoms with van der Waals surface area (Å²) in [5, 5.41) is 3.21. The third-order valence-electron chi connectivity index (χ3n) is 4.41. The molecular weight excluding hydrogens is 381 g/mol. The van der Waals surface area contributed by atoms with Crippen LogP contribution in [0.5, 0.6) is 5.75 Å². The summed E-state index contributed by atoms with van der Waals surface area (Å²) in [4.78, 5) is -0.127. The van der Waals surface area contributed by atoms with Crippen LogP contribution in [0.2, 0.25) is 0 Å². The van der Waals surface area contributed by atoms with Crippen LogP contribution in [0.3, 0.4) is 0 Å². The summed E-state index contributed by atoms with van der Waals surface area (Å²) in [6.45, 7) is 1.21. The molecule has 0 bridgehead atoms. The van der Waals surface area contributed by atoms with E-state index < -0.39 is 27.7 Å². The lowest BCUT2D eigenvalue weighted by atomic mass is 9.84. The number of ether oxygens (including phenoxy) is 1. The van der Waals surface area contributed by atoms with Crippen LogP contribution in [0.4, 0.5) is 13.2 Å². The van der Waals surface area contributed by atoms with E-state index in [1.807, 2.05) is 30.3 Å². The van der Waals surface area contributed by atoms with Crippen molar-refractivity contribution in [3.63, 3.8) is 0 Å². The summed E-state index contributed by atoms with van der Waals surface area (Å²) in [5.74, 6) is -0.474. The molecule has 2 aromatic carbocycles. The first-order valence-electron chi connectivity index (χ1n) is 8.36. The van der Waals surface area contributed by atoms with Gasteiger partial charge in [-0.05, 0) is 49.2 Å². The third kappa shape index (κ3) is 4.79. The number of halogens is 3. The van der Waals surface area contributed by atoms with Crippen LogP contribution in [0.1, 0.15) is 18.4 Å². The maximum atomic E-state index is 12.9. The highest BCUT2D eigenvalue weighted by molar-refractivity contribution is 7.89. The Hall–Kier alpha value is -2.10. The van der Waals surface area contributed by atoms with Crippen LogP contribution in [0.25, 0.3) is 0 Å². The Morgan fingerprint density at radius 3 is 2.26 bits per heavy atom. The topological polar surface area (TPSA) is 67.4 Å². The van der Waals surface area contributed by atoms with E-state index in [1.54, 1.807) is 0 Å². The summed E-state index contributed by atoms with van der Waals surface area (Å²) >= 11 is 0. The molecule has 0 aliphatic carbocycles. The number of benzene rings is 2. The molecule has 1 fully saturated rings. The Labute approximate surface area is 155 Å². The van der Waals surface area contributed by atoms with Crippen molar-refractivity contribution in [1.29, 1.82) is 0 Å². The van der Waals surface area contributed by atoms with Gasteiger partial charge < -0.3 is 10.1 Å². The van der Waals surface area contributed by atoms with Gasteiger partial charge in [-0.25, -0.2) is 8.42 Å². The number of piperidine rings is 1. The second-order valence-electron chi connectivity index (χ2n) is 6.35. The van der Waals surface area contributed by atoms with E-state index in [9.17, 15) is 21.6 Å². The van der Waals surface area contributed by atoms with E-state index >= 15 is 0 Å². The van der Waals surface area contributed by atoms with Gasteiger partial charge in [-0.15, -0.1) is 13.2 Å². The van der Waals surface area contributed by atoms with Gasteiger partial charge in [-0.3, -0.25) is 0 Å². The van der Waals surface area contributed by atoms with Crippen molar-refractivity contribution >= 4 is 10.0 Å². The molecule has 1 aliphatic rings. The molecule has 1 saturated heterocycles. The van der Waals surface area contributed by atoms with Crippen LogP contribution in [0.15, 0.2) is 59.5 Å². The Morgan fingerprint density at radius 1 is 1.04 bits per heavy atom. The van der Waals surface area contributed by atoms with Crippen molar-refractivity contribution in [2.45, 2.75) is 29.6 Å². The second-order valence-corrected chi connectivity index (χ2v) is 8.04. The van der Waals surface area contributed by atoms with Gasteiger partial charge in [0.15, 0.2) is 0 Å². The van der Waals surface area contributed by atoms with E-state index in [0.717, 1.165) is 42.8 Å². The van der Waals surface area contributed by atoms with E-state index in [4.69, 9.17) is 0 Å². The van der Waals surface area contributed by atoms with Crippen molar-refractivity contribution in [3.05, 3.63) is 60.2 Å². The third-order valence-corrected chi connectivity index (χ3v) is 5.96. The van der Waals surface area contributed by atoms with Crippen LogP contribution in [-0.2, 0) is 15.6 Å². The number of hydrogen-bond donors (Lipinski definition) is 2. The predicted molar refractivity (Wildman–Crippen MR) is 93.7 cm³/mol. The average Bonchev–Trinajstić information content (AvgIpc) is 2.62. The molecule has 1 heterocycles. The molecule has 1 aliphatic heterocycles. The summed E-state index contributed by atoms with van der Waals surface area (Å²) in [7, 11) is -3.95. The molecule has 3 rings (SSSR count). The minimum Gasteiger partial charge on any atom is -0.406 e. The highest BCUT2D eigenvalue weighted by atomic mass is 32.2. The highest BCUT2D eigenvalue weighted by Gasteiger charge is 2.38. The minimum absolute atomic E-state index is 0.127. The Morgan fingerprint density at radius 2 is 1.70 bits per heavy atom. The van der Waals surface area contributed by atoms with Gasteiger partial charge in [0.1, 0.15) is 5.75 Å². The first kappa shape index (κ1) is 19.7. The quantitative estimate of drug-likeness (QED) is 0.809. The lowest BCUT2D eigenvalue weighted by molar-refractivity contribution is -0.274. The van der Waals surface area contributed by atoms with Gasteiger partial charge in [-0.2, -0.15) is 4.72 Å². The fourth-order valence-electron chi connectivity index (χ4n) is 3.19. The van der Waals surface area contributed by atoms with Crippen LogP contribution < -0.4 is 14.8 Å². The zero-order chi connectivity index (χ0) is 19.5. The Kier molecular flexibility index (Phi) is 5.45. The van der Waals surface area contributed by atoms with E-state index in [1.165, 1.54) is 0 Å². The van der Waals surface area contributed by atoms with Crippen molar-refractivity contribution in [1.82, 2.24) is 10.0 Å². The molecule has 27 heavy (non-hydrogen) atoms. The number of sulfonamides is 1. The molecule has 2 N–H and O–H groups in total. The van der Waals surface area contributed by atoms with Gasteiger partial charge in [-0.1, -0.05) is 30.3 Å². The molecule has 0 amide bonds. The normalized spacial score (nSPS) is 21.0. The molecule has 0 radical (unpaired) electrons. The number of hydrogen-bond acceptors (Lipinski definition) is 4. The zero-order valence-corrected chi connectivity index (χ0v) is 15.1. The van der Waals surface area contributed by atoms with Gasteiger partial charge in [0, 0.05) is 6.54 Å². The van der Waals surface area contributed by atoms with E-state index in [-0.39, 0.29) is 4.90 Å². The first-order valence-corrected chi connectivity index (χ1v) is 9.85. The molecule has 5 nitrogen and oxygen atoms in total. The van der Waals surface area contributed by atoms with Crippen molar-refractivity contribution in [2.24, 2.45) is 0 Å². The van der Waals surface area contributed by atoms with Gasteiger partial charge in [0.05, 0.1) is 10.4 Å². The molecule has 0 saturated carbocycles. The van der Waals surface area contributed by atoms with Gasteiger partial charge in [0.25, 0.3) is 0 Å². The molecule has 146 valence electrons. The standard InChI is InChI=1S/C18H19F3N2O3S/c19-18(20,21)26-15-7-9-16(10-8-15)27(24,25)23-17(11-4-12-22-13-17)14-5-2-1-3-6-14/h1-3,5-10,22-23H,4,11-13H2/t17-/m0/s1. The number of nitrogens with one attached hydrogen (secondary N) is 2. The fourth-order valence-corrected chi connectivity index (χ4v) is 4.61. The predicted octanol–water partition coefficient (Wildman–Crippen LogP) is 3.14. The average molecular weight is 400 g/mol. The summed E-state index contributed by atoms with van der Waals surface area (Å²) in [6, 6.07) is 13.4. The highest BCUT2D eigenvalue weighted by Crippen LogP contribution is 2.31. The van der Waals surface area contributed by atoms with Gasteiger partial charge in [0.2, 0.25) is 10.0 Å². The summed E-state index contributed by atoms with van der Waals surface area (Å²) in [6.07, 6.45) is -3.43. The zero-order valence-electron chi connectivity index (χ0n) is 14.3. The molecule has 0 spiro atoms. The second kappa shape index (κ2) is 7.49. The van der Waals surface area contributed by atoms with Crippen molar-refractivity contribution in [2.75, 3.05) is 13.1 Å². The monoisotopic (exact) mass is 400 g/mol. The summed E-state index contributed by atoms with van der Waals surface area (Å²) in [5.41, 5.74) is 0.0113. The number of alkyl halides is 3. The van der Waals surface area contributed by atoms with E-state index in [2.05, 4.69) is 14.8 Å². The number of rotatable bonds is 5. The van der Waals surface area contributed by atoms with Crippen LogP contribution >= 0.6 is 0 Å². The molecule has 0 unspecified atom stereocenters. The lowest BCUT2D eigenvalue weighted by Crippen LogP contribution is -2.55. The molecular formula is C18H19F3N2O3S. The first-order chi connectivity index (χ1) is 12.7. The Bertz CT molecular complexity index is 863. The smallest absolute Gasteiger partial charge is 0.406 e. The van der Waals surface area contributed by atoms with Crippen molar-refractivity contribution < 1.29 is 26.3 Å². The summed E-state index contributed by atoms with van der Waals surface area (Å²) < 4.78 is 69.1. The van der Waals surface area contributed by atoms with Crippen LogP contribution in [-0.4, -0.2) is 27.9 Å². The van der Waals surface area contributed by atoms with Gasteiger partial charge >= 0.3 is 6.36 Å². The van der Waals surface area contributed by atoms with E-state index in [0.29, 0.717) is 13.0 Å². The lowest BCUT2D eigenvalue weighted by Gasteiger charge is -2.38. The fraction of sp³-hybridized carbons (Fsp3) is 0.333. The molecule has 2 aromatic rings. The molecule has 1 atom stereocenters. The van der Waals surface area contributed by atoms with Crippen molar-refractivity contribution in [3.8, 4) is 5.75 Å². The Balaban J connectivity index is 1.87. The maximum absolute atomic E-state index is 12.9. The van der Waals surface area contributed by atoms with Crippen LogP contribution in [0, 0.1) is 0 Å². The maximum Gasteiger partial charge on any atom is 0.573 e. The molecule has 9 heteroatoms.